The van der Waals surface area contributed by atoms with Gasteiger partial charge in [0.1, 0.15) is 24.7 Å². The van der Waals surface area contributed by atoms with E-state index in [1.807, 2.05) is 37.3 Å². The molecule has 0 aliphatic heterocycles. The zero-order valence-electron chi connectivity index (χ0n) is 32.7. The number of amides is 5. The first-order valence-electron chi connectivity index (χ1n) is 18.5. The van der Waals surface area contributed by atoms with Crippen molar-refractivity contribution >= 4 is 35.7 Å². The molecule has 2 rings (SSSR count). The molecule has 0 saturated heterocycles. The van der Waals surface area contributed by atoms with Crippen molar-refractivity contribution in [1.29, 1.82) is 0 Å². The number of rotatable bonds is 20. The molecule has 2 aromatic carbocycles. The molecule has 7 atom stereocenters. The van der Waals surface area contributed by atoms with Crippen molar-refractivity contribution in [2.75, 3.05) is 7.11 Å². The molecule has 14 heteroatoms. The molecule has 0 saturated carbocycles. The summed E-state index contributed by atoms with van der Waals surface area (Å²) in [5.41, 5.74) is 7.31. The van der Waals surface area contributed by atoms with Crippen LogP contribution in [0.5, 0.6) is 0 Å². The quantitative estimate of drug-likeness (QED) is 0.125. The number of esters is 1. The number of imide groups is 1. The SMILES string of the molecule is CCCC(C[C@H](O)[C@H](Cc1ccccc1)NC(=O)[C@H](C)N(C(=O)OCc1ccccc1)C(=O)[C@H](C)N)C(=O)N[C@@H](C(=O)NC(C(=O)OC)C(C)C)C(C)C. The molecule has 5 amide bonds. The number of benzene rings is 2. The Hall–Kier alpha value is -4.82. The van der Waals surface area contributed by atoms with Crippen molar-refractivity contribution in [2.24, 2.45) is 23.5 Å². The number of carbonyl (C=O) groups excluding carboxylic acids is 6. The van der Waals surface area contributed by atoms with Gasteiger partial charge in [0, 0.05) is 5.92 Å². The summed E-state index contributed by atoms with van der Waals surface area (Å²) in [6.45, 7) is 11.5. The summed E-state index contributed by atoms with van der Waals surface area (Å²) in [5, 5.41) is 20.0. The molecule has 0 aliphatic carbocycles. The zero-order chi connectivity index (χ0) is 40.5. The topological polar surface area (TPSA) is 206 Å². The molecule has 0 heterocycles. The first kappa shape index (κ1) is 45.3. The minimum absolute atomic E-state index is 0.0867. The van der Waals surface area contributed by atoms with E-state index in [9.17, 15) is 33.9 Å². The second-order valence-corrected chi connectivity index (χ2v) is 14.3. The number of nitrogens with two attached hydrogens (primary N) is 1. The van der Waals surface area contributed by atoms with Gasteiger partial charge in [-0.25, -0.2) is 14.5 Å². The van der Waals surface area contributed by atoms with Gasteiger partial charge in [-0.2, -0.15) is 0 Å². The summed E-state index contributed by atoms with van der Waals surface area (Å²) in [4.78, 5) is 80.3. The summed E-state index contributed by atoms with van der Waals surface area (Å²) in [7, 11) is 1.23. The van der Waals surface area contributed by atoms with Crippen LogP contribution in [0.15, 0.2) is 60.7 Å². The van der Waals surface area contributed by atoms with Gasteiger partial charge in [0.05, 0.1) is 25.3 Å². The Labute approximate surface area is 318 Å². The third-order valence-corrected chi connectivity index (χ3v) is 9.09. The number of hydrogen-bond donors (Lipinski definition) is 5. The van der Waals surface area contributed by atoms with Crippen LogP contribution >= 0.6 is 0 Å². The highest BCUT2D eigenvalue weighted by molar-refractivity contribution is 6.00. The lowest BCUT2D eigenvalue weighted by molar-refractivity contribution is -0.147. The molecule has 6 N–H and O–H groups in total. The number of carbonyl (C=O) groups is 6. The molecule has 0 aliphatic rings. The number of methoxy groups -OCH3 is 1. The van der Waals surface area contributed by atoms with Crippen molar-refractivity contribution in [1.82, 2.24) is 20.9 Å². The van der Waals surface area contributed by atoms with Crippen LogP contribution < -0.4 is 21.7 Å². The van der Waals surface area contributed by atoms with E-state index in [1.165, 1.54) is 21.0 Å². The molecule has 0 spiro atoms. The van der Waals surface area contributed by atoms with Gasteiger partial charge in [-0.15, -0.1) is 0 Å². The Morgan fingerprint density at radius 3 is 1.80 bits per heavy atom. The van der Waals surface area contributed by atoms with E-state index in [1.54, 1.807) is 58.0 Å². The van der Waals surface area contributed by atoms with Crippen LogP contribution in [0.2, 0.25) is 0 Å². The number of hydrogen-bond acceptors (Lipinski definition) is 10. The summed E-state index contributed by atoms with van der Waals surface area (Å²) in [6, 6.07) is 12.6. The number of ether oxygens (including phenoxy) is 2. The van der Waals surface area contributed by atoms with Crippen molar-refractivity contribution in [2.45, 2.75) is 117 Å². The lowest BCUT2D eigenvalue weighted by Crippen LogP contribution is -2.58. The number of nitrogens with zero attached hydrogens (tertiary/aromatic N) is 1. The molecular weight excluding hydrogens is 694 g/mol. The summed E-state index contributed by atoms with van der Waals surface area (Å²) < 4.78 is 10.2. The molecule has 298 valence electrons. The maximum Gasteiger partial charge on any atom is 0.417 e. The van der Waals surface area contributed by atoms with Gasteiger partial charge >= 0.3 is 12.1 Å². The fourth-order valence-corrected chi connectivity index (χ4v) is 5.85. The van der Waals surface area contributed by atoms with Crippen LogP contribution in [-0.2, 0) is 46.5 Å². The van der Waals surface area contributed by atoms with Crippen LogP contribution in [0, 0.1) is 17.8 Å². The lowest BCUT2D eigenvalue weighted by atomic mass is 9.89. The molecule has 0 aromatic heterocycles. The molecule has 0 fully saturated rings. The van der Waals surface area contributed by atoms with Gasteiger partial charge in [-0.1, -0.05) is 102 Å². The Balaban J connectivity index is 2.32. The first-order chi connectivity index (χ1) is 25.5. The highest BCUT2D eigenvalue weighted by Gasteiger charge is 2.37. The summed E-state index contributed by atoms with van der Waals surface area (Å²) >= 11 is 0. The fourth-order valence-electron chi connectivity index (χ4n) is 5.85. The largest absolute Gasteiger partial charge is 0.467 e. The van der Waals surface area contributed by atoms with Crippen molar-refractivity contribution in [3.05, 3.63) is 71.8 Å². The zero-order valence-corrected chi connectivity index (χ0v) is 32.7. The summed E-state index contributed by atoms with van der Waals surface area (Å²) in [5.74, 6) is -4.58. The minimum Gasteiger partial charge on any atom is -0.467 e. The van der Waals surface area contributed by atoms with Gasteiger partial charge in [0.15, 0.2) is 0 Å². The van der Waals surface area contributed by atoms with Crippen molar-refractivity contribution < 1.29 is 43.3 Å². The predicted octanol–water partition coefficient (Wildman–Crippen LogP) is 3.24. The first-order valence-corrected chi connectivity index (χ1v) is 18.5. The Bertz CT molecular complexity index is 1520. The predicted molar refractivity (Wildman–Crippen MR) is 203 cm³/mol. The van der Waals surface area contributed by atoms with Gasteiger partial charge in [0.2, 0.25) is 23.6 Å². The third-order valence-electron chi connectivity index (χ3n) is 9.09. The van der Waals surface area contributed by atoms with Crippen LogP contribution in [-0.4, -0.2) is 89.1 Å². The molecule has 2 unspecified atom stereocenters. The van der Waals surface area contributed by atoms with E-state index in [-0.39, 0.29) is 31.3 Å². The molecule has 54 heavy (non-hydrogen) atoms. The van der Waals surface area contributed by atoms with Crippen molar-refractivity contribution in [3.8, 4) is 0 Å². The highest BCUT2D eigenvalue weighted by atomic mass is 16.6. The van der Waals surface area contributed by atoms with Crippen LogP contribution in [0.25, 0.3) is 0 Å². The Kier molecular flexibility index (Phi) is 18.8. The number of aliphatic hydroxyl groups excluding tert-OH is 1. The second kappa shape index (κ2) is 22.4. The minimum atomic E-state index is -1.38. The summed E-state index contributed by atoms with van der Waals surface area (Å²) in [6.07, 6.45) is -1.33. The van der Waals surface area contributed by atoms with Crippen LogP contribution in [0.1, 0.15) is 78.9 Å². The average molecular weight is 754 g/mol. The van der Waals surface area contributed by atoms with Gasteiger partial charge < -0.3 is 36.3 Å². The van der Waals surface area contributed by atoms with Crippen molar-refractivity contribution in [3.63, 3.8) is 0 Å². The maximum absolute atomic E-state index is 13.8. The Morgan fingerprint density at radius 1 is 0.759 bits per heavy atom. The van der Waals surface area contributed by atoms with Gasteiger partial charge in [-0.3, -0.25) is 19.2 Å². The highest BCUT2D eigenvalue weighted by Crippen LogP contribution is 2.20. The smallest absolute Gasteiger partial charge is 0.417 e. The van der Waals surface area contributed by atoms with E-state index in [2.05, 4.69) is 16.0 Å². The van der Waals surface area contributed by atoms with Gasteiger partial charge in [-0.05, 0) is 56.1 Å². The van der Waals surface area contributed by atoms with E-state index in [0.29, 0.717) is 23.3 Å². The van der Waals surface area contributed by atoms with E-state index in [0.717, 1.165) is 5.56 Å². The number of nitrogens with one attached hydrogen (secondary N) is 3. The molecule has 0 radical (unpaired) electrons. The Morgan fingerprint density at radius 2 is 1.30 bits per heavy atom. The third kappa shape index (κ3) is 13.9. The lowest BCUT2D eigenvalue weighted by Gasteiger charge is -2.32. The monoisotopic (exact) mass is 753 g/mol. The van der Waals surface area contributed by atoms with E-state index >= 15 is 0 Å². The fraction of sp³-hybridized carbons (Fsp3) is 0.550. The maximum atomic E-state index is 13.8. The second-order valence-electron chi connectivity index (χ2n) is 14.3. The molecule has 2 aromatic rings. The standard InChI is InChI=1S/C40H59N5O9/c1-9-16-30(36(48)43-33(24(2)3)37(49)44-34(25(4)5)39(51)53-8)22-32(46)31(21-28-17-12-10-13-18-28)42-35(47)27(7)45(38(50)26(6)41)40(52)54-23-29-19-14-11-15-20-29/h10-15,17-20,24-27,30-34,46H,9,16,21-23,41H2,1-8H3,(H,42,47)(H,43,48)(H,44,49)/t26-,27-,30?,31-,32-,33+,34?/m0/s1. The average Bonchev–Trinajstić information content (AvgIpc) is 3.14. The normalized spacial score (nSPS) is 15.1. The molecule has 0 bridgehead atoms. The van der Waals surface area contributed by atoms with Crippen LogP contribution in [0.3, 0.4) is 0 Å². The van der Waals surface area contributed by atoms with Gasteiger partial charge in [0.25, 0.3) is 0 Å². The van der Waals surface area contributed by atoms with E-state index in [4.69, 9.17) is 15.2 Å². The number of aliphatic hydroxyl groups is 1. The molecule has 14 nitrogen and oxygen atoms in total. The van der Waals surface area contributed by atoms with E-state index < -0.39 is 77.9 Å². The molecular formula is C40H59N5O9. The van der Waals surface area contributed by atoms with Crippen LogP contribution in [0.4, 0.5) is 4.79 Å².